The predicted molar refractivity (Wildman–Crippen MR) is 110 cm³/mol. The van der Waals surface area contributed by atoms with Crippen LogP contribution in [0.1, 0.15) is 12.0 Å². The maximum atomic E-state index is 5.88. The van der Waals surface area contributed by atoms with E-state index in [4.69, 9.17) is 4.74 Å². The number of nitrogens with zero attached hydrogens (tertiary/aromatic N) is 4. The minimum Gasteiger partial charge on any atom is -0.423 e. The zero-order valence-corrected chi connectivity index (χ0v) is 16.7. The Kier molecular flexibility index (Phi) is 10.4. The average Bonchev–Trinajstić information content (AvgIpc) is 3.11. The Balaban J connectivity index is 0.00000182. The Labute approximate surface area is 171 Å². The molecule has 3 rings (SSSR count). The van der Waals surface area contributed by atoms with Crippen molar-refractivity contribution in [3.8, 4) is 17.4 Å². The molecule has 3 aromatic rings. The van der Waals surface area contributed by atoms with Crippen LogP contribution in [-0.4, -0.2) is 40.3 Å². The van der Waals surface area contributed by atoms with E-state index >= 15 is 0 Å². The Hall–Kier alpha value is -2.19. The molecule has 146 valence electrons. The summed E-state index contributed by atoms with van der Waals surface area (Å²) in [5.74, 6) is 0.710. The highest BCUT2D eigenvalue weighted by Gasteiger charge is 2.10. The number of benzene rings is 2. The van der Waals surface area contributed by atoms with E-state index in [1.54, 1.807) is 4.68 Å². The van der Waals surface area contributed by atoms with E-state index in [-0.39, 0.29) is 24.8 Å². The fraction of sp³-hybridized carbons (Fsp3) is 0.278. The van der Waals surface area contributed by atoms with Gasteiger partial charge in [-0.05, 0) is 66.8 Å². The third-order valence-electron chi connectivity index (χ3n) is 3.66. The summed E-state index contributed by atoms with van der Waals surface area (Å²) >= 11 is 0. The van der Waals surface area contributed by atoms with Crippen LogP contribution < -0.4 is 15.4 Å². The molecule has 7 nitrogen and oxygen atoms in total. The molecule has 0 spiro atoms. The Morgan fingerprint density at radius 2 is 1.81 bits per heavy atom. The third kappa shape index (κ3) is 6.80. The summed E-state index contributed by atoms with van der Waals surface area (Å²) in [6.45, 7) is 2.78. The Morgan fingerprint density at radius 3 is 2.59 bits per heavy atom. The summed E-state index contributed by atoms with van der Waals surface area (Å²) in [5.41, 5.74) is 2.01. The molecule has 0 aliphatic rings. The van der Waals surface area contributed by atoms with Gasteiger partial charge in [0.1, 0.15) is 5.75 Å². The molecule has 0 radical (unpaired) electrons. The molecule has 1 heterocycles. The van der Waals surface area contributed by atoms with Crippen LogP contribution in [-0.2, 0) is 6.54 Å². The molecule has 0 atom stereocenters. The molecule has 1 aromatic heterocycles. The van der Waals surface area contributed by atoms with E-state index in [1.165, 1.54) is 0 Å². The number of para-hydroxylation sites is 1. The lowest BCUT2D eigenvalue weighted by Crippen LogP contribution is -2.19. The number of rotatable bonds is 9. The first-order chi connectivity index (χ1) is 12.4. The van der Waals surface area contributed by atoms with Gasteiger partial charge in [0, 0.05) is 6.54 Å². The molecule has 0 unspecified atom stereocenters. The highest BCUT2D eigenvalue weighted by atomic mass is 35.5. The predicted octanol–water partition coefficient (Wildman–Crippen LogP) is 3.00. The van der Waals surface area contributed by atoms with E-state index in [0.717, 1.165) is 37.3 Å². The van der Waals surface area contributed by atoms with Crippen molar-refractivity contribution in [1.82, 2.24) is 30.8 Å². The van der Waals surface area contributed by atoms with Gasteiger partial charge in [-0.1, -0.05) is 35.4 Å². The van der Waals surface area contributed by atoms with Crippen molar-refractivity contribution in [3.63, 3.8) is 0 Å². The zero-order chi connectivity index (χ0) is 17.3. The first-order valence-corrected chi connectivity index (χ1v) is 8.33. The molecule has 2 aromatic carbocycles. The van der Waals surface area contributed by atoms with Crippen LogP contribution in [0.3, 0.4) is 0 Å². The second-order valence-corrected chi connectivity index (χ2v) is 5.59. The second-order valence-electron chi connectivity index (χ2n) is 5.59. The van der Waals surface area contributed by atoms with Crippen molar-refractivity contribution >= 4 is 24.8 Å². The largest absolute Gasteiger partial charge is 0.423 e. The van der Waals surface area contributed by atoms with E-state index in [0.29, 0.717) is 11.8 Å². The molecule has 27 heavy (non-hydrogen) atoms. The molecule has 9 heteroatoms. The third-order valence-corrected chi connectivity index (χ3v) is 3.66. The SMILES string of the molecule is CNCCCNCc1cccc(Oc2nnnn2-c2ccccc2)c1.Cl.Cl. The monoisotopic (exact) mass is 410 g/mol. The number of tetrazole rings is 1. The number of ether oxygens (including phenoxy) is 1. The van der Waals surface area contributed by atoms with Crippen LogP contribution in [0.2, 0.25) is 0 Å². The number of hydrogen-bond acceptors (Lipinski definition) is 6. The van der Waals surface area contributed by atoms with Gasteiger partial charge in [-0.2, -0.15) is 4.68 Å². The van der Waals surface area contributed by atoms with Gasteiger partial charge in [0.25, 0.3) is 0 Å². The van der Waals surface area contributed by atoms with Crippen LogP contribution in [0.4, 0.5) is 0 Å². The minimum atomic E-state index is 0. The molecule has 0 aliphatic carbocycles. The molecule has 0 aliphatic heterocycles. The lowest BCUT2D eigenvalue weighted by molar-refractivity contribution is 0.426. The van der Waals surface area contributed by atoms with Gasteiger partial charge in [0.2, 0.25) is 0 Å². The molecule has 0 fully saturated rings. The van der Waals surface area contributed by atoms with Crippen LogP contribution in [0.5, 0.6) is 11.8 Å². The molecule has 2 N–H and O–H groups in total. The van der Waals surface area contributed by atoms with Gasteiger partial charge in [0.05, 0.1) is 5.69 Å². The van der Waals surface area contributed by atoms with Crippen molar-refractivity contribution in [2.75, 3.05) is 20.1 Å². The summed E-state index contributed by atoms with van der Waals surface area (Å²) in [7, 11) is 1.96. The topological polar surface area (TPSA) is 76.9 Å². The number of hydrogen-bond donors (Lipinski definition) is 2. The van der Waals surface area contributed by atoms with E-state index < -0.39 is 0 Å². The van der Waals surface area contributed by atoms with Crippen LogP contribution in [0.25, 0.3) is 5.69 Å². The first kappa shape index (κ1) is 22.9. The highest BCUT2D eigenvalue weighted by molar-refractivity contribution is 5.85. The number of nitrogens with one attached hydrogen (secondary N) is 2. The zero-order valence-electron chi connectivity index (χ0n) is 15.0. The fourth-order valence-electron chi connectivity index (χ4n) is 2.42. The van der Waals surface area contributed by atoms with Crippen LogP contribution in [0, 0.1) is 0 Å². The molecular weight excluding hydrogens is 387 g/mol. The van der Waals surface area contributed by atoms with Crippen molar-refractivity contribution in [2.24, 2.45) is 0 Å². The van der Waals surface area contributed by atoms with Crippen molar-refractivity contribution in [2.45, 2.75) is 13.0 Å². The van der Waals surface area contributed by atoms with E-state index in [1.807, 2.05) is 55.6 Å². The lowest BCUT2D eigenvalue weighted by atomic mass is 10.2. The summed E-state index contributed by atoms with van der Waals surface area (Å²) in [5, 5.41) is 18.2. The quantitative estimate of drug-likeness (QED) is 0.528. The highest BCUT2D eigenvalue weighted by Crippen LogP contribution is 2.22. The average molecular weight is 411 g/mol. The van der Waals surface area contributed by atoms with Gasteiger partial charge >= 0.3 is 6.01 Å². The van der Waals surface area contributed by atoms with Gasteiger partial charge in [-0.15, -0.1) is 24.8 Å². The van der Waals surface area contributed by atoms with Crippen molar-refractivity contribution in [1.29, 1.82) is 0 Å². The summed E-state index contributed by atoms with van der Waals surface area (Å²) in [6, 6.07) is 17.9. The first-order valence-electron chi connectivity index (χ1n) is 8.33. The molecule has 0 amide bonds. The van der Waals surface area contributed by atoms with Crippen molar-refractivity contribution < 1.29 is 4.74 Å². The minimum absolute atomic E-state index is 0. The van der Waals surface area contributed by atoms with Gasteiger partial charge in [-0.3, -0.25) is 0 Å². The summed E-state index contributed by atoms with van der Waals surface area (Å²) in [4.78, 5) is 0. The van der Waals surface area contributed by atoms with E-state index in [9.17, 15) is 0 Å². The molecular formula is C18H24Cl2N6O. The summed E-state index contributed by atoms with van der Waals surface area (Å²) in [6.07, 6.45) is 1.10. The molecule has 0 saturated heterocycles. The number of halogens is 2. The normalized spacial score (nSPS) is 9.96. The van der Waals surface area contributed by atoms with Crippen LogP contribution in [0.15, 0.2) is 54.6 Å². The van der Waals surface area contributed by atoms with Crippen LogP contribution >= 0.6 is 24.8 Å². The Morgan fingerprint density at radius 1 is 1.00 bits per heavy atom. The second kappa shape index (κ2) is 12.2. The number of aromatic nitrogens is 4. The fourth-order valence-corrected chi connectivity index (χ4v) is 2.42. The van der Waals surface area contributed by atoms with E-state index in [2.05, 4.69) is 32.2 Å². The maximum Gasteiger partial charge on any atom is 0.345 e. The van der Waals surface area contributed by atoms with Gasteiger partial charge in [0.15, 0.2) is 0 Å². The molecule has 0 bridgehead atoms. The van der Waals surface area contributed by atoms with Gasteiger partial charge in [-0.25, -0.2) is 0 Å². The van der Waals surface area contributed by atoms with Crippen molar-refractivity contribution in [3.05, 3.63) is 60.2 Å². The lowest BCUT2D eigenvalue weighted by Gasteiger charge is -2.08. The standard InChI is InChI=1S/C18H22N6O.2ClH/c1-19-11-6-12-20-14-15-7-5-10-17(13-15)25-18-21-22-23-24(18)16-8-3-2-4-9-16;;/h2-5,7-10,13,19-20H,6,11-12,14H2,1H3;2*1H. The summed E-state index contributed by atoms with van der Waals surface area (Å²) < 4.78 is 7.45. The maximum absolute atomic E-state index is 5.88. The smallest absolute Gasteiger partial charge is 0.345 e. The van der Waals surface area contributed by atoms with Gasteiger partial charge < -0.3 is 15.4 Å². The Bertz CT molecular complexity index is 784. The molecule has 0 saturated carbocycles.